The molecule has 22 heavy (non-hydrogen) atoms. The number of thioether (sulfide) groups is 1. The van der Waals surface area contributed by atoms with Gasteiger partial charge in [-0.15, -0.1) is 10.2 Å². The smallest absolute Gasteiger partial charge is 0.191 e. The van der Waals surface area contributed by atoms with Crippen molar-refractivity contribution in [1.82, 2.24) is 14.8 Å². The number of aromatic nitrogens is 3. The summed E-state index contributed by atoms with van der Waals surface area (Å²) >= 11 is 5.04. The maximum atomic E-state index is 5.21. The standard InChI is InChI=1S/C16H20BrN3OS/c1-4-5-10-20-15(13-6-8-14(21-3)9-7-13)18-19-16(20)22-11-12(2)17/h6-9H,2,4-5,10-11H2,1,3H3. The highest BCUT2D eigenvalue weighted by atomic mass is 79.9. The van der Waals surface area contributed by atoms with Crippen molar-refractivity contribution in [3.05, 3.63) is 35.3 Å². The molecule has 0 atom stereocenters. The number of hydrogen-bond acceptors (Lipinski definition) is 4. The summed E-state index contributed by atoms with van der Waals surface area (Å²) in [4.78, 5) is 0. The Kier molecular flexibility index (Phi) is 6.51. The van der Waals surface area contributed by atoms with Crippen LogP contribution in [0, 0.1) is 0 Å². The summed E-state index contributed by atoms with van der Waals surface area (Å²) in [7, 11) is 1.67. The second-order valence-corrected chi connectivity index (χ2v) is 6.91. The number of halogens is 1. The van der Waals surface area contributed by atoms with E-state index in [4.69, 9.17) is 4.74 Å². The number of hydrogen-bond donors (Lipinski definition) is 0. The van der Waals surface area contributed by atoms with E-state index < -0.39 is 0 Å². The molecule has 0 unspecified atom stereocenters. The number of rotatable bonds is 8. The van der Waals surface area contributed by atoms with Crippen LogP contribution >= 0.6 is 27.7 Å². The Morgan fingerprint density at radius 1 is 1.32 bits per heavy atom. The largest absolute Gasteiger partial charge is 0.497 e. The third kappa shape index (κ3) is 4.36. The molecule has 0 amide bonds. The molecular formula is C16H20BrN3OS. The van der Waals surface area contributed by atoms with Crippen LogP contribution in [0.2, 0.25) is 0 Å². The topological polar surface area (TPSA) is 39.9 Å². The molecule has 1 aromatic heterocycles. The van der Waals surface area contributed by atoms with Crippen molar-refractivity contribution in [2.45, 2.75) is 31.5 Å². The van der Waals surface area contributed by atoms with Gasteiger partial charge < -0.3 is 9.30 Å². The summed E-state index contributed by atoms with van der Waals surface area (Å²) in [5.74, 6) is 2.53. The van der Waals surface area contributed by atoms with E-state index in [2.05, 4.69) is 44.2 Å². The van der Waals surface area contributed by atoms with E-state index in [0.29, 0.717) is 0 Å². The Morgan fingerprint density at radius 2 is 2.05 bits per heavy atom. The summed E-state index contributed by atoms with van der Waals surface area (Å²) in [6, 6.07) is 7.93. The van der Waals surface area contributed by atoms with Gasteiger partial charge in [-0.3, -0.25) is 0 Å². The van der Waals surface area contributed by atoms with E-state index in [1.165, 1.54) is 0 Å². The van der Waals surface area contributed by atoms with Crippen LogP contribution in [0.15, 0.2) is 40.5 Å². The van der Waals surface area contributed by atoms with Crippen molar-refractivity contribution in [2.24, 2.45) is 0 Å². The van der Waals surface area contributed by atoms with Crippen LogP contribution in [-0.2, 0) is 6.54 Å². The van der Waals surface area contributed by atoms with Crippen molar-refractivity contribution in [1.29, 1.82) is 0 Å². The molecule has 4 nitrogen and oxygen atoms in total. The summed E-state index contributed by atoms with van der Waals surface area (Å²) < 4.78 is 8.35. The lowest BCUT2D eigenvalue weighted by atomic mass is 10.2. The van der Waals surface area contributed by atoms with E-state index in [1.54, 1.807) is 18.9 Å². The zero-order valence-electron chi connectivity index (χ0n) is 12.9. The molecule has 0 radical (unpaired) electrons. The van der Waals surface area contributed by atoms with Gasteiger partial charge in [-0.05, 0) is 35.2 Å². The first-order valence-corrected chi connectivity index (χ1v) is 8.97. The van der Waals surface area contributed by atoms with Gasteiger partial charge in [0.25, 0.3) is 0 Å². The zero-order chi connectivity index (χ0) is 15.9. The quantitative estimate of drug-likeness (QED) is 0.618. The molecule has 0 saturated heterocycles. The lowest BCUT2D eigenvalue weighted by molar-refractivity contribution is 0.415. The minimum absolute atomic E-state index is 0.785. The monoisotopic (exact) mass is 381 g/mol. The number of nitrogens with zero attached hydrogens (tertiary/aromatic N) is 3. The Balaban J connectivity index is 2.30. The zero-order valence-corrected chi connectivity index (χ0v) is 15.3. The van der Waals surface area contributed by atoms with Crippen molar-refractivity contribution >= 4 is 27.7 Å². The summed E-state index contributed by atoms with van der Waals surface area (Å²) in [6.45, 7) is 6.97. The molecule has 0 aliphatic rings. The summed E-state index contributed by atoms with van der Waals surface area (Å²) in [5.41, 5.74) is 1.05. The number of benzene rings is 1. The molecular weight excluding hydrogens is 362 g/mol. The second-order valence-electron chi connectivity index (χ2n) is 4.85. The molecule has 0 aliphatic heterocycles. The molecule has 0 aliphatic carbocycles. The van der Waals surface area contributed by atoms with Gasteiger partial charge in [-0.2, -0.15) is 0 Å². The van der Waals surface area contributed by atoms with Crippen LogP contribution in [0.25, 0.3) is 11.4 Å². The van der Waals surface area contributed by atoms with E-state index >= 15 is 0 Å². The van der Waals surface area contributed by atoms with Gasteiger partial charge >= 0.3 is 0 Å². The fraction of sp³-hybridized carbons (Fsp3) is 0.375. The lowest BCUT2D eigenvalue weighted by Gasteiger charge is -2.10. The molecule has 2 rings (SSSR count). The van der Waals surface area contributed by atoms with Crippen LogP contribution < -0.4 is 4.74 Å². The molecule has 0 spiro atoms. The fourth-order valence-corrected chi connectivity index (χ4v) is 3.07. The molecule has 0 N–H and O–H groups in total. The van der Waals surface area contributed by atoms with Crippen LogP contribution in [0.5, 0.6) is 5.75 Å². The van der Waals surface area contributed by atoms with Gasteiger partial charge in [0.2, 0.25) is 0 Å². The normalized spacial score (nSPS) is 10.7. The molecule has 0 saturated carbocycles. The van der Waals surface area contributed by atoms with E-state index in [9.17, 15) is 0 Å². The minimum Gasteiger partial charge on any atom is -0.497 e. The first-order valence-electron chi connectivity index (χ1n) is 7.19. The van der Waals surface area contributed by atoms with Gasteiger partial charge in [0.05, 0.1) is 7.11 Å². The minimum atomic E-state index is 0.785. The Hall–Kier alpha value is -1.27. The highest BCUT2D eigenvalue weighted by molar-refractivity contribution is 9.11. The van der Waals surface area contributed by atoms with E-state index in [0.717, 1.165) is 51.9 Å². The van der Waals surface area contributed by atoms with E-state index in [1.807, 2.05) is 24.3 Å². The van der Waals surface area contributed by atoms with Crippen molar-refractivity contribution in [3.8, 4) is 17.1 Å². The maximum Gasteiger partial charge on any atom is 0.191 e. The number of ether oxygens (including phenoxy) is 1. The molecule has 0 fully saturated rings. The van der Waals surface area contributed by atoms with Crippen LogP contribution in [0.4, 0.5) is 0 Å². The molecule has 118 valence electrons. The molecule has 1 heterocycles. The second kappa shape index (κ2) is 8.39. The molecule has 2 aromatic rings. The summed E-state index contributed by atoms with van der Waals surface area (Å²) in [5, 5.41) is 9.65. The van der Waals surface area contributed by atoms with Crippen molar-refractivity contribution in [2.75, 3.05) is 12.9 Å². The SMILES string of the molecule is C=C(Br)CSc1nnc(-c2ccc(OC)cc2)n1CCCC. The maximum absolute atomic E-state index is 5.21. The first kappa shape index (κ1) is 17.1. The average Bonchev–Trinajstić information content (AvgIpc) is 2.93. The third-order valence-corrected chi connectivity index (χ3v) is 4.86. The van der Waals surface area contributed by atoms with Gasteiger partial charge in [-0.25, -0.2) is 0 Å². The van der Waals surface area contributed by atoms with Gasteiger partial charge in [0.1, 0.15) is 5.75 Å². The van der Waals surface area contributed by atoms with Crippen LogP contribution in [0.3, 0.4) is 0 Å². The third-order valence-electron chi connectivity index (χ3n) is 3.16. The number of unbranched alkanes of at least 4 members (excludes halogenated alkanes) is 1. The average molecular weight is 382 g/mol. The highest BCUT2D eigenvalue weighted by Crippen LogP contribution is 2.27. The summed E-state index contributed by atoms with van der Waals surface area (Å²) in [6.07, 6.45) is 2.24. The predicted molar refractivity (Wildman–Crippen MR) is 95.7 cm³/mol. The van der Waals surface area contributed by atoms with Gasteiger partial charge in [-0.1, -0.05) is 47.6 Å². The molecule has 0 bridgehead atoms. The Labute approximate surface area is 144 Å². The van der Waals surface area contributed by atoms with Gasteiger partial charge in [0, 0.05) is 17.9 Å². The molecule has 6 heteroatoms. The predicted octanol–water partition coefficient (Wildman–Crippen LogP) is 4.75. The Morgan fingerprint density at radius 3 is 2.64 bits per heavy atom. The molecule has 1 aromatic carbocycles. The fourth-order valence-electron chi connectivity index (χ4n) is 2.01. The van der Waals surface area contributed by atoms with Crippen LogP contribution in [-0.4, -0.2) is 27.6 Å². The van der Waals surface area contributed by atoms with Crippen molar-refractivity contribution < 1.29 is 4.74 Å². The number of methoxy groups -OCH3 is 1. The highest BCUT2D eigenvalue weighted by Gasteiger charge is 2.14. The first-order chi connectivity index (χ1) is 10.7. The van der Waals surface area contributed by atoms with Crippen molar-refractivity contribution in [3.63, 3.8) is 0 Å². The Bertz CT molecular complexity index is 625. The van der Waals surface area contributed by atoms with E-state index in [-0.39, 0.29) is 0 Å². The lowest BCUT2D eigenvalue weighted by Crippen LogP contribution is -2.03. The van der Waals surface area contributed by atoms with Gasteiger partial charge in [0.15, 0.2) is 11.0 Å². The van der Waals surface area contributed by atoms with Crippen LogP contribution in [0.1, 0.15) is 19.8 Å².